The molecule has 3 aromatic rings. The van der Waals surface area contributed by atoms with Crippen molar-refractivity contribution in [1.82, 2.24) is 24.8 Å². The van der Waals surface area contributed by atoms with Crippen LogP contribution >= 0.6 is 0 Å². The molecule has 166 valence electrons. The van der Waals surface area contributed by atoms with Gasteiger partial charge in [0.05, 0.1) is 17.7 Å². The molecule has 0 aromatic carbocycles. The van der Waals surface area contributed by atoms with Gasteiger partial charge in [-0.1, -0.05) is 0 Å². The highest BCUT2D eigenvalue weighted by atomic mass is 19.4. The van der Waals surface area contributed by atoms with Gasteiger partial charge in [-0.2, -0.15) is 13.2 Å². The van der Waals surface area contributed by atoms with Gasteiger partial charge in [0.15, 0.2) is 5.82 Å². The molecule has 0 spiro atoms. The number of halogens is 3. The minimum atomic E-state index is -4.46. The number of amides is 1. The number of carbonyl (C=O) groups excluding carboxylic acids is 1. The largest absolute Gasteiger partial charge is 0.472 e. The van der Waals surface area contributed by atoms with Crippen molar-refractivity contribution in [2.75, 3.05) is 13.1 Å². The zero-order valence-electron chi connectivity index (χ0n) is 17.2. The predicted molar refractivity (Wildman–Crippen MR) is 109 cm³/mol. The Morgan fingerprint density at radius 3 is 2.56 bits per heavy atom. The third kappa shape index (κ3) is 4.68. The second-order valence-corrected chi connectivity index (χ2v) is 7.44. The lowest BCUT2D eigenvalue weighted by atomic mass is 10.0. The van der Waals surface area contributed by atoms with Gasteiger partial charge in [-0.25, -0.2) is 15.0 Å². The summed E-state index contributed by atoms with van der Waals surface area (Å²) in [4.78, 5) is 31.5. The number of carbonyl (C=O) groups is 1. The van der Waals surface area contributed by atoms with E-state index >= 15 is 0 Å². The number of pyridine rings is 2. The van der Waals surface area contributed by atoms with Gasteiger partial charge in [-0.05, 0) is 43.5 Å². The maximum absolute atomic E-state index is 13.3. The van der Waals surface area contributed by atoms with E-state index in [-0.39, 0.29) is 24.0 Å². The first kappa shape index (κ1) is 21.7. The number of aromatic nitrogens is 4. The average Bonchev–Trinajstić information content (AvgIpc) is 2.79. The van der Waals surface area contributed by atoms with E-state index < -0.39 is 17.8 Å². The standard InChI is InChI=1S/C22H20F3N5O2/c1-14-7-10-26-19(18(14)20-27-8-3-9-28-20)21(31)30-11-2-4-16(13-30)32-17-6-5-15(12-29-17)22(23,24)25/h3,5-10,12,16H,2,4,11,13H2,1H3/t16-/m1/s1. The van der Waals surface area contributed by atoms with Crippen LogP contribution in [0, 0.1) is 6.92 Å². The first-order valence-corrected chi connectivity index (χ1v) is 10.0. The lowest BCUT2D eigenvalue weighted by Crippen LogP contribution is -2.44. The van der Waals surface area contributed by atoms with Gasteiger partial charge in [-0.3, -0.25) is 9.78 Å². The monoisotopic (exact) mass is 443 g/mol. The first-order chi connectivity index (χ1) is 15.3. The fourth-order valence-corrected chi connectivity index (χ4v) is 3.59. The normalized spacial score (nSPS) is 16.6. The molecule has 4 heterocycles. The molecule has 1 amide bonds. The van der Waals surface area contributed by atoms with Crippen LogP contribution in [0.4, 0.5) is 13.2 Å². The summed E-state index contributed by atoms with van der Waals surface area (Å²) in [7, 11) is 0. The minimum absolute atomic E-state index is 0.0874. The maximum atomic E-state index is 13.3. The quantitative estimate of drug-likeness (QED) is 0.608. The third-order valence-electron chi connectivity index (χ3n) is 5.17. The Kier molecular flexibility index (Phi) is 6.02. The van der Waals surface area contributed by atoms with Crippen LogP contribution in [0.2, 0.25) is 0 Å². The first-order valence-electron chi connectivity index (χ1n) is 10.0. The Balaban J connectivity index is 1.51. The van der Waals surface area contributed by atoms with Crippen molar-refractivity contribution >= 4 is 5.91 Å². The second kappa shape index (κ2) is 8.89. The zero-order chi connectivity index (χ0) is 22.7. The molecule has 1 saturated heterocycles. The van der Waals surface area contributed by atoms with Crippen molar-refractivity contribution in [3.63, 3.8) is 0 Å². The number of hydrogen-bond acceptors (Lipinski definition) is 6. The molecule has 10 heteroatoms. The van der Waals surface area contributed by atoms with Crippen molar-refractivity contribution in [1.29, 1.82) is 0 Å². The Bertz CT molecular complexity index is 1090. The molecule has 0 saturated carbocycles. The molecular weight excluding hydrogens is 423 g/mol. The summed E-state index contributed by atoms with van der Waals surface area (Å²) in [6, 6.07) is 5.60. The number of ether oxygens (including phenoxy) is 1. The van der Waals surface area contributed by atoms with Gasteiger partial charge in [0.25, 0.3) is 5.91 Å². The lowest BCUT2D eigenvalue weighted by Gasteiger charge is -2.32. The fraction of sp³-hybridized carbons (Fsp3) is 0.318. The average molecular weight is 443 g/mol. The van der Waals surface area contributed by atoms with Gasteiger partial charge in [0.2, 0.25) is 5.88 Å². The molecule has 0 unspecified atom stereocenters. The van der Waals surface area contributed by atoms with Gasteiger partial charge in [0, 0.05) is 37.4 Å². The van der Waals surface area contributed by atoms with E-state index in [9.17, 15) is 18.0 Å². The summed E-state index contributed by atoms with van der Waals surface area (Å²) in [5.41, 5.74) is 0.815. The van der Waals surface area contributed by atoms with Crippen molar-refractivity contribution in [2.45, 2.75) is 32.0 Å². The molecule has 0 radical (unpaired) electrons. The molecule has 0 aliphatic carbocycles. The van der Waals surface area contributed by atoms with E-state index in [4.69, 9.17) is 4.74 Å². The van der Waals surface area contributed by atoms with E-state index in [1.54, 1.807) is 35.6 Å². The molecule has 1 aliphatic rings. The Morgan fingerprint density at radius 1 is 1.09 bits per heavy atom. The van der Waals surface area contributed by atoms with Crippen LogP contribution in [0.3, 0.4) is 0 Å². The number of aryl methyl sites for hydroxylation is 1. The molecule has 0 bridgehead atoms. The highest BCUT2D eigenvalue weighted by molar-refractivity contribution is 5.98. The highest BCUT2D eigenvalue weighted by Crippen LogP contribution is 2.30. The smallest absolute Gasteiger partial charge is 0.417 e. The summed E-state index contributed by atoms with van der Waals surface area (Å²) in [6.45, 7) is 2.65. The molecule has 1 fully saturated rings. The Hall–Kier alpha value is -3.56. The van der Waals surface area contributed by atoms with E-state index in [0.717, 1.165) is 17.8 Å². The van der Waals surface area contributed by atoms with E-state index in [1.165, 1.54) is 6.07 Å². The van der Waals surface area contributed by atoms with Crippen molar-refractivity contribution in [3.8, 4) is 17.3 Å². The van der Waals surface area contributed by atoms with Crippen LogP contribution in [0.5, 0.6) is 5.88 Å². The lowest BCUT2D eigenvalue weighted by molar-refractivity contribution is -0.137. The van der Waals surface area contributed by atoms with Crippen molar-refractivity contribution in [3.05, 3.63) is 65.9 Å². The van der Waals surface area contributed by atoms with E-state index in [2.05, 4.69) is 19.9 Å². The predicted octanol–water partition coefficient (Wildman–Crippen LogP) is 3.94. The Morgan fingerprint density at radius 2 is 1.88 bits per heavy atom. The number of nitrogens with zero attached hydrogens (tertiary/aromatic N) is 5. The molecule has 0 N–H and O–H groups in total. The molecule has 1 aliphatic heterocycles. The van der Waals surface area contributed by atoms with Crippen LogP contribution < -0.4 is 4.74 Å². The number of rotatable bonds is 4. The van der Waals surface area contributed by atoms with E-state index in [0.29, 0.717) is 30.8 Å². The van der Waals surface area contributed by atoms with E-state index in [1.807, 2.05) is 6.92 Å². The molecule has 1 atom stereocenters. The van der Waals surface area contributed by atoms with Crippen molar-refractivity contribution < 1.29 is 22.7 Å². The summed E-state index contributed by atoms with van der Waals surface area (Å²) in [5, 5.41) is 0. The minimum Gasteiger partial charge on any atom is -0.472 e. The summed E-state index contributed by atoms with van der Waals surface area (Å²) in [5.74, 6) is 0.231. The number of piperidine rings is 1. The van der Waals surface area contributed by atoms with Crippen LogP contribution in [-0.4, -0.2) is 49.9 Å². The molecule has 32 heavy (non-hydrogen) atoms. The SMILES string of the molecule is Cc1ccnc(C(=O)N2CCC[C@@H](Oc3ccc(C(F)(F)F)cn3)C2)c1-c1ncccn1. The number of alkyl halides is 3. The summed E-state index contributed by atoms with van der Waals surface area (Å²) in [6.07, 6.45) is 2.00. The van der Waals surface area contributed by atoms with Crippen molar-refractivity contribution in [2.24, 2.45) is 0 Å². The maximum Gasteiger partial charge on any atom is 0.417 e. The Labute approximate surface area is 182 Å². The third-order valence-corrected chi connectivity index (χ3v) is 5.17. The summed E-state index contributed by atoms with van der Waals surface area (Å²) < 4.78 is 43.9. The molecule has 7 nitrogen and oxygen atoms in total. The molecular formula is C22H20F3N5O2. The van der Waals surface area contributed by atoms with Gasteiger partial charge < -0.3 is 9.64 Å². The second-order valence-electron chi connectivity index (χ2n) is 7.44. The zero-order valence-corrected chi connectivity index (χ0v) is 17.2. The van der Waals surface area contributed by atoms with Crippen LogP contribution in [0.25, 0.3) is 11.4 Å². The summed E-state index contributed by atoms with van der Waals surface area (Å²) >= 11 is 0. The van der Waals surface area contributed by atoms with Crippen LogP contribution in [0.1, 0.15) is 34.5 Å². The molecule has 3 aromatic heterocycles. The van der Waals surface area contributed by atoms with Gasteiger partial charge in [0.1, 0.15) is 11.8 Å². The highest BCUT2D eigenvalue weighted by Gasteiger charge is 2.32. The van der Waals surface area contributed by atoms with Crippen LogP contribution in [-0.2, 0) is 6.18 Å². The topological polar surface area (TPSA) is 81.1 Å². The van der Waals surface area contributed by atoms with Crippen LogP contribution in [0.15, 0.2) is 49.1 Å². The fourth-order valence-electron chi connectivity index (χ4n) is 3.59. The van der Waals surface area contributed by atoms with Gasteiger partial charge in [-0.15, -0.1) is 0 Å². The number of likely N-dealkylation sites (tertiary alicyclic amines) is 1. The number of hydrogen-bond donors (Lipinski definition) is 0. The van der Waals surface area contributed by atoms with Gasteiger partial charge >= 0.3 is 6.18 Å². The molecule has 4 rings (SSSR count).